The van der Waals surface area contributed by atoms with Crippen LogP contribution in [0.3, 0.4) is 0 Å². The molecule has 1 aliphatic rings. The molecule has 12 heavy (non-hydrogen) atoms. The van der Waals surface area contributed by atoms with Gasteiger partial charge >= 0.3 is 0 Å². The van der Waals surface area contributed by atoms with Crippen molar-refractivity contribution in [1.82, 2.24) is 9.55 Å². The molecule has 1 fully saturated rings. The van der Waals surface area contributed by atoms with E-state index < -0.39 is 0 Å². The zero-order valence-electron chi connectivity index (χ0n) is 6.51. The number of amidine groups is 1. The molecule has 0 aromatic carbocycles. The van der Waals surface area contributed by atoms with Crippen LogP contribution in [0, 0.1) is 0 Å². The van der Waals surface area contributed by atoms with Crippen molar-refractivity contribution in [2.24, 2.45) is 10.9 Å². The number of nitrogens with two attached hydrogens (primary N) is 1. The average molecular weight is 166 g/mol. The fourth-order valence-corrected chi connectivity index (χ4v) is 1.20. The molecular weight excluding hydrogens is 156 g/mol. The number of hydrogen-bond donors (Lipinski definition) is 2. The molecule has 2 rings (SSSR count). The molecule has 5 heteroatoms. The Morgan fingerprint density at radius 1 is 1.75 bits per heavy atom. The second-order valence-electron chi connectivity index (χ2n) is 2.90. The van der Waals surface area contributed by atoms with Crippen LogP contribution in [0.4, 0.5) is 0 Å². The Bertz CT molecular complexity index is 313. The zero-order valence-corrected chi connectivity index (χ0v) is 6.51. The van der Waals surface area contributed by atoms with Crippen LogP contribution in [0.15, 0.2) is 17.7 Å². The molecule has 1 aromatic heterocycles. The number of hydrogen-bond acceptors (Lipinski definition) is 3. The molecule has 1 aromatic rings. The molecule has 5 nitrogen and oxygen atoms in total. The fraction of sp³-hybridized carbons (Fsp3) is 0.429. The van der Waals surface area contributed by atoms with Gasteiger partial charge in [0.1, 0.15) is 5.69 Å². The maximum absolute atomic E-state index is 8.46. The Morgan fingerprint density at radius 2 is 2.50 bits per heavy atom. The van der Waals surface area contributed by atoms with Crippen molar-refractivity contribution in [3.05, 3.63) is 18.2 Å². The third kappa shape index (κ3) is 1.03. The SMILES string of the molecule is NC(=NO)c1cncn1C1CC1. The summed E-state index contributed by atoms with van der Waals surface area (Å²) in [7, 11) is 0. The van der Waals surface area contributed by atoms with Crippen LogP contribution < -0.4 is 5.73 Å². The van der Waals surface area contributed by atoms with E-state index in [4.69, 9.17) is 10.9 Å². The molecule has 0 bridgehead atoms. The second-order valence-corrected chi connectivity index (χ2v) is 2.90. The van der Waals surface area contributed by atoms with Gasteiger partial charge in [0.05, 0.1) is 12.5 Å². The monoisotopic (exact) mass is 166 g/mol. The van der Waals surface area contributed by atoms with Gasteiger partial charge < -0.3 is 15.5 Å². The molecule has 0 atom stereocenters. The van der Waals surface area contributed by atoms with Gasteiger partial charge in [-0.1, -0.05) is 5.16 Å². The van der Waals surface area contributed by atoms with E-state index in [1.807, 2.05) is 4.57 Å². The van der Waals surface area contributed by atoms with Crippen LogP contribution in [-0.2, 0) is 0 Å². The first-order valence-corrected chi connectivity index (χ1v) is 3.82. The van der Waals surface area contributed by atoms with Crippen molar-refractivity contribution in [2.75, 3.05) is 0 Å². The van der Waals surface area contributed by atoms with Gasteiger partial charge in [-0.15, -0.1) is 0 Å². The third-order valence-electron chi connectivity index (χ3n) is 1.98. The van der Waals surface area contributed by atoms with Gasteiger partial charge in [0.15, 0.2) is 5.84 Å². The Labute approximate surface area is 69.5 Å². The summed E-state index contributed by atoms with van der Waals surface area (Å²) < 4.78 is 1.94. The molecule has 64 valence electrons. The van der Waals surface area contributed by atoms with E-state index >= 15 is 0 Å². The highest BCUT2D eigenvalue weighted by Crippen LogP contribution is 2.35. The van der Waals surface area contributed by atoms with Crippen LogP contribution in [0.25, 0.3) is 0 Å². The molecular formula is C7H10N4O. The van der Waals surface area contributed by atoms with Gasteiger partial charge in [-0.3, -0.25) is 0 Å². The lowest BCUT2D eigenvalue weighted by Crippen LogP contribution is -2.17. The number of imidazole rings is 1. The minimum absolute atomic E-state index is 0.124. The number of rotatable bonds is 2. The van der Waals surface area contributed by atoms with Crippen LogP contribution >= 0.6 is 0 Å². The highest BCUT2D eigenvalue weighted by Gasteiger charge is 2.26. The lowest BCUT2D eigenvalue weighted by atomic mass is 10.4. The number of aromatic nitrogens is 2. The Kier molecular flexibility index (Phi) is 1.49. The molecule has 0 amide bonds. The fourth-order valence-electron chi connectivity index (χ4n) is 1.20. The summed E-state index contributed by atoms with van der Waals surface area (Å²) in [5.74, 6) is 0.124. The minimum atomic E-state index is 0.124. The zero-order chi connectivity index (χ0) is 8.55. The van der Waals surface area contributed by atoms with Crippen molar-refractivity contribution >= 4 is 5.84 Å². The summed E-state index contributed by atoms with van der Waals surface area (Å²) in [4.78, 5) is 3.94. The Morgan fingerprint density at radius 3 is 3.08 bits per heavy atom. The van der Waals surface area contributed by atoms with E-state index in [1.54, 1.807) is 12.5 Å². The smallest absolute Gasteiger partial charge is 0.188 e. The van der Waals surface area contributed by atoms with Gasteiger partial charge in [0, 0.05) is 6.04 Å². The van der Waals surface area contributed by atoms with Gasteiger partial charge in [-0.05, 0) is 12.8 Å². The number of nitrogens with zero attached hydrogens (tertiary/aromatic N) is 3. The normalized spacial score (nSPS) is 18.2. The van der Waals surface area contributed by atoms with Crippen molar-refractivity contribution in [3.8, 4) is 0 Å². The van der Waals surface area contributed by atoms with Gasteiger partial charge in [-0.2, -0.15) is 0 Å². The van der Waals surface area contributed by atoms with E-state index in [2.05, 4.69) is 10.1 Å². The molecule has 0 radical (unpaired) electrons. The van der Waals surface area contributed by atoms with Crippen LogP contribution in [0.2, 0.25) is 0 Å². The summed E-state index contributed by atoms with van der Waals surface area (Å²) in [6, 6.07) is 0.503. The third-order valence-corrected chi connectivity index (χ3v) is 1.98. The molecule has 0 saturated heterocycles. The van der Waals surface area contributed by atoms with Crippen LogP contribution in [0.1, 0.15) is 24.6 Å². The lowest BCUT2D eigenvalue weighted by Gasteiger charge is -2.02. The van der Waals surface area contributed by atoms with Crippen LogP contribution in [0.5, 0.6) is 0 Å². The standard InChI is InChI=1S/C7H10N4O/c8-7(10-12)6-3-9-4-11(6)5-1-2-5/h3-5,12H,1-2H2,(H2,8,10). The second kappa shape index (κ2) is 2.51. The predicted octanol–water partition coefficient (Wildman–Crippen LogP) is 0.312. The summed E-state index contributed by atoms with van der Waals surface area (Å²) in [6.45, 7) is 0. The predicted molar refractivity (Wildman–Crippen MR) is 43.0 cm³/mol. The van der Waals surface area contributed by atoms with Crippen LogP contribution in [-0.4, -0.2) is 20.6 Å². The first-order valence-electron chi connectivity index (χ1n) is 3.82. The highest BCUT2D eigenvalue weighted by molar-refractivity contribution is 5.95. The summed E-state index contributed by atoms with van der Waals surface area (Å²) in [5, 5.41) is 11.4. The van der Waals surface area contributed by atoms with Crippen molar-refractivity contribution in [1.29, 1.82) is 0 Å². The van der Waals surface area contributed by atoms with E-state index in [9.17, 15) is 0 Å². The topological polar surface area (TPSA) is 76.4 Å². The van der Waals surface area contributed by atoms with E-state index in [1.165, 1.54) is 0 Å². The summed E-state index contributed by atoms with van der Waals surface area (Å²) in [6.07, 6.45) is 5.63. The summed E-state index contributed by atoms with van der Waals surface area (Å²) in [5.41, 5.74) is 6.14. The molecule has 0 spiro atoms. The van der Waals surface area contributed by atoms with E-state index in [0.29, 0.717) is 11.7 Å². The van der Waals surface area contributed by atoms with Crippen molar-refractivity contribution in [2.45, 2.75) is 18.9 Å². The molecule has 0 unspecified atom stereocenters. The molecule has 1 saturated carbocycles. The number of oxime groups is 1. The largest absolute Gasteiger partial charge is 0.409 e. The average Bonchev–Trinajstić information content (AvgIpc) is 2.83. The first kappa shape index (κ1) is 7.15. The quantitative estimate of drug-likeness (QED) is 0.287. The van der Waals surface area contributed by atoms with Gasteiger partial charge in [-0.25, -0.2) is 4.98 Å². The van der Waals surface area contributed by atoms with E-state index in [0.717, 1.165) is 12.8 Å². The van der Waals surface area contributed by atoms with Gasteiger partial charge in [0.25, 0.3) is 0 Å². The maximum atomic E-state index is 8.46. The molecule has 1 aliphatic carbocycles. The van der Waals surface area contributed by atoms with Gasteiger partial charge in [0.2, 0.25) is 0 Å². The molecule has 0 aliphatic heterocycles. The molecule has 3 N–H and O–H groups in total. The maximum Gasteiger partial charge on any atom is 0.188 e. The minimum Gasteiger partial charge on any atom is -0.409 e. The Balaban J connectivity index is 2.35. The lowest BCUT2D eigenvalue weighted by molar-refractivity contribution is 0.318. The Hall–Kier alpha value is -1.52. The molecule has 1 heterocycles. The van der Waals surface area contributed by atoms with Crippen molar-refractivity contribution < 1.29 is 5.21 Å². The first-order chi connectivity index (χ1) is 5.83. The highest BCUT2D eigenvalue weighted by atomic mass is 16.4. The van der Waals surface area contributed by atoms with Crippen molar-refractivity contribution in [3.63, 3.8) is 0 Å². The summed E-state index contributed by atoms with van der Waals surface area (Å²) >= 11 is 0. The van der Waals surface area contributed by atoms with E-state index in [-0.39, 0.29) is 5.84 Å².